The van der Waals surface area contributed by atoms with Crippen molar-refractivity contribution in [3.63, 3.8) is 0 Å². The van der Waals surface area contributed by atoms with Crippen LogP contribution >= 0.6 is 11.8 Å². The predicted molar refractivity (Wildman–Crippen MR) is 139 cm³/mol. The lowest BCUT2D eigenvalue weighted by molar-refractivity contribution is -0.468. The number of unbranched alkanes of at least 4 members (excludes halogenated alkanes) is 4. The van der Waals surface area contributed by atoms with Crippen molar-refractivity contribution < 1.29 is 19.2 Å². The van der Waals surface area contributed by atoms with Gasteiger partial charge in [0, 0.05) is 22.3 Å². The molecule has 0 saturated carbocycles. The Balaban J connectivity index is 2.22. The Labute approximate surface area is 207 Å². The average Bonchev–Trinajstić information content (AvgIpc) is 3.03. The summed E-state index contributed by atoms with van der Waals surface area (Å²) in [6.07, 6.45) is 16.9. The van der Waals surface area contributed by atoms with E-state index in [1.807, 2.05) is 6.08 Å². The van der Waals surface area contributed by atoms with Gasteiger partial charge in [-0.15, -0.1) is 11.8 Å². The van der Waals surface area contributed by atoms with E-state index < -0.39 is 4.92 Å². The highest BCUT2D eigenvalue weighted by atomic mass is 32.2. The molecule has 0 unspecified atom stereocenters. The summed E-state index contributed by atoms with van der Waals surface area (Å²) in [5.41, 5.74) is 1.93. The summed E-state index contributed by atoms with van der Waals surface area (Å²) < 4.78 is 10.7. The maximum absolute atomic E-state index is 12.1. The van der Waals surface area contributed by atoms with E-state index in [0.29, 0.717) is 22.9 Å². The fourth-order valence-electron chi connectivity index (χ4n) is 3.36. The van der Waals surface area contributed by atoms with Crippen LogP contribution in [0.2, 0.25) is 0 Å². The minimum atomic E-state index is -0.411. The molecular weight excluding hydrogens is 454 g/mol. The highest BCUT2D eigenvalue weighted by molar-refractivity contribution is 8.03. The molecular formula is C25H37N3O5S. The monoisotopic (exact) mass is 491 g/mol. The standard InChI is InChI=1S/C25H37N3O5S/c1-5-21(26-2)24(17-18-28(30)31)34-19-27-25(29)12-10-8-6-7-9-11-20-13-15-22(32-3)23(33-4)16-14-20/h5,13,15-17H,2,6-12,14,18-19H2,1,3-4H3,(H,27,29)/b21-5+,24-17+. The molecule has 0 aromatic carbocycles. The van der Waals surface area contributed by atoms with Gasteiger partial charge in [0.2, 0.25) is 12.5 Å². The molecule has 1 amide bonds. The predicted octanol–water partition coefficient (Wildman–Crippen LogP) is 5.68. The molecule has 0 heterocycles. The second-order valence-corrected chi connectivity index (χ2v) is 8.63. The highest BCUT2D eigenvalue weighted by Crippen LogP contribution is 2.24. The van der Waals surface area contributed by atoms with Gasteiger partial charge in [-0.3, -0.25) is 19.9 Å². The topological polar surface area (TPSA) is 103 Å². The Kier molecular flexibility index (Phi) is 15.2. The van der Waals surface area contributed by atoms with Crippen LogP contribution in [0.4, 0.5) is 0 Å². The van der Waals surface area contributed by atoms with E-state index in [9.17, 15) is 14.9 Å². The summed E-state index contributed by atoms with van der Waals surface area (Å²) in [5.74, 6) is 1.84. The second-order valence-electron chi connectivity index (χ2n) is 7.61. The van der Waals surface area contributed by atoms with E-state index in [4.69, 9.17) is 9.47 Å². The molecule has 1 N–H and O–H groups in total. The minimum absolute atomic E-state index is 0.0141. The average molecular weight is 492 g/mol. The zero-order valence-corrected chi connectivity index (χ0v) is 21.3. The van der Waals surface area contributed by atoms with Crippen LogP contribution in [0.25, 0.3) is 0 Å². The molecule has 1 aliphatic rings. The summed E-state index contributed by atoms with van der Waals surface area (Å²) in [6, 6.07) is 0. The molecule has 188 valence electrons. The van der Waals surface area contributed by atoms with Crippen molar-refractivity contribution in [2.45, 2.75) is 58.3 Å². The molecule has 0 fully saturated rings. The van der Waals surface area contributed by atoms with Gasteiger partial charge in [0.15, 0.2) is 11.5 Å². The Morgan fingerprint density at radius 3 is 2.56 bits per heavy atom. The normalized spacial score (nSPS) is 14.4. The van der Waals surface area contributed by atoms with Gasteiger partial charge in [-0.25, -0.2) is 0 Å². The number of hydrogen-bond donors (Lipinski definition) is 1. The minimum Gasteiger partial charge on any atom is -0.493 e. The van der Waals surface area contributed by atoms with E-state index in [-0.39, 0.29) is 12.5 Å². The lowest BCUT2D eigenvalue weighted by atomic mass is 10.0. The number of amides is 1. The SMILES string of the molecule is C=NC(=C/C)/C(=C\C[N+](=O)[O-])SCNC(=O)CCCCCCCC1=CC=C(OC)C(OC)=CC1. The maximum Gasteiger partial charge on any atom is 0.223 e. The van der Waals surface area contributed by atoms with Crippen molar-refractivity contribution in [2.75, 3.05) is 26.6 Å². The molecule has 0 aliphatic heterocycles. The molecule has 8 nitrogen and oxygen atoms in total. The van der Waals surface area contributed by atoms with Crippen molar-refractivity contribution in [1.29, 1.82) is 0 Å². The van der Waals surface area contributed by atoms with Crippen LogP contribution in [0.15, 0.2) is 63.1 Å². The number of methoxy groups -OCH3 is 2. The first kappa shape index (κ1) is 29.2. The second kappa shape index (κ2) is 17.6. The van der Waals surface area contributed by atoms with E-state index >= 15 is 0 Å². The van der Waals surface area contributed by atoms with E-state index in [1.165, 1.54) is 23.4 Å². The van der Waals surface area contributed by atoms with E-state index in [0.717, 1.165) is 56.5 Å². The summed E-state index contributed by atoms with van der Waals surface area (Å²) in [4.78, 5) is 26.8. The number of nitrogens with one attached hydrogen (secondary N) is 1. The van der Waals surface area contributed by atoms with Crippen molar-refractivity contribution in [1.82, 2.24) is 5.32 Å². The Bertz CT molecular complexity index is 843. The Hall–Kier alpha value is -2.81. The lowest BCUT2D eigenvalue weighted by Gasteiger charge is -2.09. The van der Waals surface area contributed by atoms with E-state index in [2.05, 4.69) is 29.2 Å². The van der Waals surface area contributed by atoms with Crippen molar-refractivity contribution in [3.05, 3.63) is 68.2 Å². The van der Waals surface area contributed by atoms with Crippen LogP contribution in [0, 0.1) is 10.1 Å². The largest absolute Gasteiger partial charge is 0.493 e. The third kappa shape index (κ3) is 11.9. The quantitative estimate of drug-likeness (QED) is 0.0701. The van der Waals surface area contributed by atoms with Gasteiger partial charge in [0.25, 0.3) is 0 Å². The van der Waals surface area contributed by atoms with Gasteiger partial charge < -0.3 is 14.8 Å². The molecule has 0 spiro atoms. The first-order valence-corrected chi connectivity index (χ1v) is 12.5. The fraction of sp³-hybridized carbons (Fsp3) is 0.520. The molecule has 1 rings (SSSR count). The zero-order valence-electron chi connectivity index (χ0n) is 20.5. The van der Waals surface area contributed by atoms with Crippen LogP contribution in [0.1, 0.15) is 58.3 Å². The number of ether oxygens (including phenoxy) is 2. The molecule has 0 radical (unpaired) electrons. The summed E-state index contributed by atoms with van der Waals surface area (Å²) in [5, 5.41) is 13.5. The number of carbonyl (C=O) groups is 1. The summed E-state index contributed by atoms with van der Waals surface area (Å²) >= 11 is 1.31. The van der Waals surface area contributed by atoms with Crippen LogP contribution in [0.3, 0.4) is 0 Å². The number of nitro groups is 1. The van der Waals surface area contributed by atoms with Gasteiger partial charge in [0.05, 0.1) is 25.8 Å². The molecule has 0 aromatic heterocycles. The van der Waals surface area contributed by atoms with Gasteiger partial charge in [0.1, 0.15) is 0 Å². The maximum atomic E-state index is 12.1. The first-order valence-electron chi connectivity index (χ1n) is 11.5. The number of allylic oxidation sites excluding steroid dienone is 5. The van der Waals surface area contributed by atoms with Crippen molar-refractivity contribution >= 4 is 24.4 Å². The fourth-order valence-corrected chi connectivity index (χ4v) is 4.27. The molecule has 0 aromatic rings. The number of hydrogen-bond acceptors (Lipinski definition) is 7. The summed E-state index contributed by atoms with van der Waals surface area (Å²) in [6.45, 7) is 4.99. The molecule has 34 heavy (non-hydrogen) atoms. The molecule has 0 atom stereocenters. The third-order valence-corrected chi connectivity index (χ3v) is 6.20. The number of nitrogens with zero attached hydrogens (tertiary/aromatic N) is 2. The Morgan fingerprint density at radius 1 is 1.21 bits per heavy atom. The summed E-state index contributed by atoms with van der Waals surface area (Å²) in [7, 11) is 3.29. The molecule has 9 heteroatoms. The number of thioether (sulfide) groups is 1. The van der Waals surface area contributed by atoms with Crippen LogP contribution in [-0.4, -0.2) is 44.2 Å². The smallest absolute Gasteiger partial charge is 0.223 e. The van der Waals surface area contributed by atoms with E-state index in [1.54, 1.807) is 27.2 Å². The van der Waals surface area contributed by atoms with Gasteiger partial charge in [-0.05, 0) is 51.5 Å². The molecule has 0 bridgehead atoms. The van der Waals surface area contributed by atoms with Gasteiger partial charge >= 0.3 is 0 Å². The first-order chi connectivity index (χ1) is 16.4. The van der Waals surface area contributed by atoms with Gasteiger partial charge in [-0.1, -0.05) is 37.0 Å². The molecule has 0 saturated heterocycles. The number of carbonyl (C=O) groups excluding carboxylic acids is 1. The number of aliphatic imine (C=N–C) groups is 1. The zero-order chi connectivity index (χ0) is 25.2. The van der Waals surface area contributed by atoms with Crippen LogP contribution < -0.4 is 5.32 Å². The lowest BCUT2D eigenvalue weighted by Crippen LogP contribution is -2.22. The molecule has 1 aliphatic carbocycles. The van der Waals surface area contributed by atoms with Crippen molar-refractivity contribution in [2.24, 2.45) is 4.99 Å². The van der Waals surface area contributed by atoms with Crippen molar-refractivity contribution in [3.8, 4) is 0 Å². The Morgan fingerprint density at radius 2 is 1.91 bits per heavy atom. The van der Waals surface area contributed by atoms with Crippen LogP contribution in [-0.2, 0) is 14.3 Å². The van der Waals surface area contributed by atoms with Crippen LogP contribution in [0.5, 0.6) is 0 Å². The highest BCUT2D eigenvalue weighted by Gasteiger charge is 2.10. The third-order valence-electron chi connectivity index (χ3n) is 5.22. The van der Waals surface area contributed by atoms with Gasteiger partial charge in [-0.2, -0.15) is 0 Å². The number of rotatable bonds is 17.